The summed E-state index contributed by atoms with van der Waals surface area (Å²) in [6.07, 6.45) is 8.09. The summed E-state index contributed by atoms with van der Waals surface area (Å²) in [5.74, 6) is 0.909. The Kier molecular flexibility index (Phi) is 4.63. The standard InChI is InChI=1S/C13H21NO/c1-4-13(3,5-2)14-10-6-8-12-9-7-11-15-12/h6-9,11,14H,4-5,10H2,1-3H3/b8-6+. The molecule has 0 saturated carbocycles. The van der Waals surface area contributed by atoms with E-state index in [2.05, 4.69) is 32.2 Å². The summed E-state index contributed by atoms with van der Waals surface area (Å²) in [7, 11) is 0. The van der Waals surface area contributed by atoms with Crippen molar-refractivity contribution in [2.24, 2.45) is 0 Å². The molecule has 0 fully saturated rings. The average molecular weight is 207 g/mol. The summed E-state index contributed by atoms with van der Waals surface area (Å²) >= 11 is 0. The number of rotatable bonds is 6. The van der Waals surface area contributed by atoms with Gasteiger partial charge in [-0.2, -0.15) is 0 Å². The van der Waals surface area contributed by atoms with E-state index >= 15 is 0 Å². The molecule has 0 aliphatic carbocycles. The van der Waals surface area contributed by atoms with Gasteiger partial charge in [0.1, 0.15) is 5.76 Å². The molecule has 1 aromatic rings. The molecule has 0 unspecified atom stereocenters. The highest BCUT2D eigenvalue weighted by Gasteiger charge is 2.16. The van der Waals surface area contributed by atoms with E-state index in [9.17, 15) is 0 Å². The fraction of sp³-hybridized carbons (Fsp3) is 0.538. The lowest BCUT2D eigenvalue weighted by atomic mass is 9.96. The highest BCUT2D eigenvalue weighted by atomic mass is 16.3. The normalized spacial score (nSPS) is 12.5. The van der Waals surface area contributed by atoms with Crippen molar-refractivity contribution in [3.8, 4) is 0 Å². The molecule has 15 heavy (non-hydrogen) atoms. The number of hydrogen-bond acceptors (Lipinski definition) is 2. The van der Waals surface area contributed by atoms with Crippen LogP contribution in [-0.2, 0) is 0 Å². The van der Waals surface area contributed by atoms with Crippen LogP contribution < -0.4 is 5.32 Å². The molecule has 1 aromatic heterocycles. The molecule has 1 N–H and O–H groups in total. The van der Waals surface area contributed by atoms with Gasteiger partial charge in [0.05, 0.1) is 6.26 Å². The first-order valence-electron chi connectivity index (χ1n) is 5.65. The van der Waals surface area contributed by atoms with Gasteiger partial charge in [0.2, 0.25) is 0 Å². The van der Waals surface area contributed by atoms with Crippen LogP contribution in [0.15, 0.2) is 28.9 Å². The second-order valence-electron chi connectivity index (χ2n) is 4.07. The van der Waals surface area contributed by atoms with E-state index in [1.165, 1.54) is 0 Å². The van der Waals surface area contributed by atoms with Crippen LogP contribution in [0, 0.1) is 0 Å². The Morgan fingerprint density at radius 1 is 1.40 bits per heavy atom. The van der Waals surface area contributed by atoms with E-state index < -0.39 is 0 Å². The molecule has 0 aromatic carbocycles. The minimum Gasteiger partial charge on any atom is -0.465 e. The molecule has 0 bridgehead atoms. The van der Waals surface area contributed by atoms with E-state index in [0.717, 1.165) is 25.1 Å². The van der Waals surface area contributed by atoms with Gasteiger partial charge >= 0.3 is 0 Å². The zero-order valence-corrected chi connectivity index (χ0v) is 9.92. The Bertz CT molecular complexity index is 283. The maximum absolute atomic E-state index is 5.20. The van der Waals surface area contributed by atoms with E-state index in [1.807, 2.05) is 18.2 Å². The largest absolute Gasteiger partial charge is 0.465 e. The Balaban J connectivity index is 2.32. The summed E-state index contributed by atoms with van der Waals surface area (Å²) in [6, 6.07) is 3.85. The molecule has 0 aliphatic heterocycles. The molecule has 2 nitrogen and oxygen atoms in total. The molecule has 1 rings (SSSR count). The lowest BCUT2D eigenvalue weighted by Gasteiger charge is -2.27. The molecule has 0 amide bonds. The van der Waals surface area contributed by atoms with E-state index in [4.69, 9.17) is 4.42 Å². The Labute approximate surface area is 92.4 Å². The maximum atomic E-state index is 5.20. The van der Waals surface area contributed by atoms with Crippen molar-refractivity contribution in [2.45, 2.75) is 39.2 Å². The van der Waals surface area contributed by atoms with Crippen molar-refractivity contribution in [3.63, 3.8) is 0 Å². The maximum Gasteiger partial charge on any atom is 0.126 e. The topological polar surface area (TPSA) is 25.2 Å². The van der Waals surface area contributed by atoms with Crippen LogP contribution in [0.25, 0.3) is 6.08 Å². The van der Waals surface area contributed by atoms with Crippen LogP contribution in [0.4, 0.5) is 0 Å². The van der Waals surface area contributed by atoms with Crippen molar-refractivity contribution in [1.29, 1.82) is 0 Å². The van der Waals surface area contributed by atoms with Gasteiger partial charge in [0.15, 0.2) is 0 Å². The first-order valence-corrected chi connectivity index (χ1v) is 5.65. The predicted molar refractivity (Wildman–Crippen MR) is 64.7 cm³/mol. The Morgan fingerprint density at radius 3 is 2.67 bits per heavy atom. The summed E-state index contributed by atoms with van der Waals surface area (Å²) in [6.45, 7) is 7.58. The first-order chi connectivity index (χ1) is 7.20. The third-order valence-corrected chi connectivity index (χ3v) is 3.03. The number of nitrogens with one attached hydrogen (secondary N) is 1. The molecule has 0 saturated heterocycles. The molecular formula is C13H21NO. The van der Waals surface area contributed by atoms with Crippen LogP contribution in [0.2, 0.25) is 0 Å². The van der Waals surface area contributed by atoms with Crippen molar-refractivity contribution < 1.29 is 4.42 Å². The minimum atomic E-state index is 0.257. The zero-order chi connectivity index (χ0) is 11.1. The van der Waals surface area contributed by atoms with Gasteiger partial charge in [-0.3, -0.25) is 0 Å². The molecule has 2 heteroatoms. The SMILES string of the molecule is CCC(C)(CC)NC/C=C/c1ccco1. The lowest BCUT2D eigenvalue weighted by Crippen LogP contribution is -2.41. The second-order valence-corrected chi connectivity index (χ2v) is 4.07. The molecule has 0 aliphatic rings. The monoisotopic (exact) mass is 207 g/mol. The number of furan rings is 1. The van der Waals surface area contributed by atoms with Gasteiger partial charge < -0.3 is 9.73 Å². The summed E-state index contributed by atoms with van der Waals surface area (Å²) < 4.78 is 5.20. The molecule has 0 atom stereocenters. The minimum absolute atomic E-state index is 0.257. The second kappa shape index (κ2) is 5.76. The molecule has 1 heterocycles. The van der Waals surface area contributed by atoms with Gasteiger partial charge in [-0.1, -0.05) is 19.9 Å². The summed E-state index contributed by atoms with van der Waals surface area (Å²) in [5.41, 5.74) is 0.257. The average Bonchev–Trinajstić information content (AvgIpc) is 2.77. The fourth-order valence-corrected chi connectivity index (χ4v) is 1.37. The summed E-state index contributed by atoms with van der Waals surface area (Å²) in [5, 5.41) is 3.53. The first kappa shape index (κ1) is 12.1. The lowest BCUT2D eigenvalue weighted by molar-refractivity contribution is 0.346. The van der Waals surface area contributed by atoms with Crippen LogP contribution in [-0.4, -0.2) is 12.1 Å². The van der Waals surface area contributed by atoms with Crippen LogP contribution >= 0.6 is 0 Å². The molecule has 84 valence electrons. The van der Waals surface area contributed by atoms with E-state index in [0.29, 0.717) is 0 Å². The third kappa shape index (κ3) is 3.92. The molecule has 0 radical (unpaired) electrons. The van der Waals surface area contributed by atoms with Crippen molar-refractivity contribution in [1.82, 2.24) is 5.32 Å². The van der Waals surface area contributed by atoms with Crippen LogP contribution in [0.1, 0.15) is 39.4 Å². The smallest absolute Gasteiger partial charge is 0.126 e. The zero-order valence-electron chi connectivity index (χ0n) is 9.92. The fourth-order valence-electron chi connectivity index (χ4n) is 1.37. The third-order valence-electron chi connectivity index (χ3n) is 3.03. The quantitative estimate of drug-likeness (QED) is 0.772. The Hall–Kier alpha value is -1.02. The van der Waals surface area contributed by atoms with Gasteiger partial charge in [0.25, 0.3) is 0 Å². The summed E-state index contributed by atoms with van der Waals surface area (Å²) in [4.78, 5) is 0. The van der Waals surface area contributed by atoms with Gasteiger partial charge in [0, 0.05) is 12.1 Å². The Morgan fingerprint density at radius 2 is 2.13 bits per heavy atom. The van der Waals surface area contributed by atoms with Gasteiger partial charge in [-0.05, 0) is 38.0 Å². The van der Waals surface area contributed by atoms with E-state index in [1.54, 1.807) is 6.26 Å². The highest BCUT2D eigenvalue weighted by molar-refractivity contribution is 5.42. The van der Waals surface area contributed by atoms with E-state index in [-0.39, 0.29) is 5.54 Å². The van der Waals surface area contributed by atoms with Gasteiger partial charge in [-0.25, -0.2) is 0 Å². The van der Waals surface area contributed by atoms with Crippen LogP contribution in [0.5, 0.6) is 0 Å². The number of hydrogen-bond donors (Lipinski definition) is 1. The predicted octanol–water partition coefficient (Wildman–Crippen LogP) is 3.46. The van der Waals surface area contributed by atoms with Gasteiger partial charge in [-0.15, -0.1) is 0 Å². The van der Waals surface area contributed by atoms with Crippen molar-refractivity contribution in [3.05, 3.63) is 30.2 Å². The van der Waals surface area contributed by atoms with Crippen molar-refractivity contribution >= 4 is 6.08 Å². The van der Waals surface area contributed by atoms with Crippen LogP contribution in [0.3, 0.4) is 0 Å². The molecular weight excluding hydrogens is 186 g/mol. The van der Waals surface area contributed by atoms with Crippen molar-refractivity contribution in [2.75, 3.05) is 6.54 Å². The highest BCUT2D eigenvalue weighted by Crippen LogP contribution is 2.12. The molecule has 0 spiro atoms.